The molecule has 0 saturated carbocycles. The summed E-state index contributed by atoms with van der Waals surface area (Å²) in [5.74, 6) is 0.809. The highest BCUT2D eigenvalue weighted by atomic mass is 32.2. The quantitative estimate of drug-likeness (QED) is 0.525. The first kappa shape index (κ1) is 22.2. The molecule has 1 saturated heterocycles. The third kappa shape index (κ3) is 5.41. The number of sulfonamides is 1. The molecule has 7 heteroatoms. The lowest BCUT2D eigenvalue weighted by Crippen LogP contribution is -2.30. The van der Waals surface area contributed by atoms with Gasteiger partial charge in [0.1, 0.15) is 18.1 Å². The fourth-order valence-electron chi connectivity index (χ4n) is 3.86. The zero-order valence-corrected chi connectivity index (χ0v) is 18.7. The molecule has 3 aromatic rings. The van der Waals surface area contributed by atoms with Crippen LogP contribution in [0.2, 0.25) is 0 Å². The SMILES string of the molecule is O=S(=O)(c1ccccc1)N(Cc1cccc(O)c1)c1ccc(OCCN2CCCC2)cc1. The molecule has 168 valence electrons. The van der Waals surface area contributed by atoms with E-state index in [0.717, 1.165) is 19.6 Å². The molecule has 1 aliphatic heterocycles. The van der Waals surface area contributed by atoms with Crippen LogP contribution in [0.25, 0.3) is 0 Å². The van der Waals surface area contributed by atoms with Crippen LogP contribution in [0.3, 0.4) is 0 Å². The van der Waals surface area contributed by atoms with E-state index in [1.54, 1.807) is 78.9 Å². The molecule has 0 radical (unpaired) electrons. The fraction of sp³-hybridized carbons (Fsp3) is 0.280. The molecule has 0 bridgehead atoms. The van der Waals surface area contributed by atoms with Gasteiger partial charge in [-0.25, -0.2) is 8.42 Å². The summed E-state index contributed by atoms with van der Waals surface area (Å²) in [6, 6.07) is 22.1. The first-order valence-electron chi connectivity index (χ1n) is 10.8. The van der Waals surface area contributed by atoms with Gasteiger partial charge in [-0.2, -0.15) is 0 Å². The third-order valence-corrected chi connectivity index (χ3v) is 7.36. The molecule has 3 aromatic carbocycles. The van der Waals surface area contributed by atoms with Crippen LogP contribution in [-0.4, -0.2) is 44.7 Å². The number of anilines is 1. The average molecular weight is 453 g/mol. The van der Waals surface area contributed by atoms with Gasteiger partial charge >= 0.3 is 0 Å². The van der Waals surface area contributed by atoms with Gasteiger partial charge in [0, 0.05) is 6.54 Å². The second-order valence-corrected chi connectivity index (χ2v) is 9.75. The minimum Gasteiger partial charge on any atom is -0.508 e. The Morgan fingerprint density at radius 3 is 2.31 bits per heavy atom. The van der Waals surface area contributed by atoms with Gasteiger partial charge in [0.05, 0.1) is 17.1 Å². The van der Waals surface area contributed by atoms with Crippen LogP contribution < -0.4 is 9.04 Å². The van der Waals surface area contributed by atoms with Crippen molar-refractivity contribution in [3.8, 4) is 11.5 Å². The third-order valence-electron chi connectivity index (χ3n) is 5.57. The molecule has 0 amide bonds. The molecule has 6 nitrogen and oxygen atoms in total. The number of hydrogen-bond donors (Lipinski definition) is 1. The Kier molecular flexibility index (Phi) is 6.97. The van der Waals surface area contributed by atoms with E-state index >= 15 is 0 Å². The predicted molar refractivity (Wildman–Crippen MR) is 126 cm³/mol. The van der Waals surface area contributed by atoms with Gasteiger partial charge in [0.15, 0.2) is 0 Å². The Bertz CT molecular complexity index is 1110. The predicted octanol–water partition coefficient (Wildman–Crippen LogP) is 4.26. The summed E-state index contributed by atoms with van der Waals surface area (Å²) in [7, 11) is -3.80. The maximum Gasteiger partial charge on any atom is 0.264 e. The van der Waals surface area contributed by atoms with Crippen LogP contribution in [0.4, 0.5) is 5.69 Å². The molecular weight excluding hydrogens is 424 g/mol. The molecule has 0 spiro atoms. The molecule has 1 heterocycles. The molecule has 0 atom stereocenters. The van der Waals surface area contributed by atoms with E-state index in [1.807, 2.05) is 0 Å². The molecule has 1 N–H and O–H groups in total. The van der Waals surface area contributed by atoms with Gasteiger partial charge in [0.2, 0.25) is 0 Å². The summed E-state index contributed by atoms with van der Waals surface area (Å²) < 4.78 is 34.1. The second-order valence-electron chi connectivity index (χ2n) is 7.89. The monoisotopic (exact) mass is 452 g/mol. The lowest BCUT2D eigenvalue weighted by molar-refractivity contribution is 0.238. The molecule has 4 rings (SSSR count). The Morgan fingerprint density at radius 2 is 1.62 bits per heavy atom. The number of benzene rings is 3. The fourth-order valence-corrected chi connectivity index (χ4v) is 5.34. The van der Waals surface area contributed by atoms with Gasteiger partial charge < -0.3 is 9.84 Å². The van der Waals surface area contributed by atoms with Gasteiger partial charge in [-0.3, -0.25) is 9.21 Å². The zero-order chi connectivity index (χ0) is 22.4. The minimum absolute atomic E-state index is 0.0980. The molecular formula is C25H28N2O4S. The van der Waals surface area contributed by atoms with Crippen LogP contribution in [-0.2, 0) is 16.6 Å². The van der Waals surface area contributed by atoms with E-state index in [-0.39, 0.29) is 17.2 Å². The van der Waals surface area contributed by atoms with Crippen LogP contribution in [0.15, 0.2) is 83.8 Å². The summed E-state index contributed by atoms with van der Waals surface area (Å²) in [4.78, 5) is 2.60. The normalized spacial score (nSPS) is 14.4. The Balaban J connectivity index is 1.55. The highest BCUT2D eigenvalue weighted by Crippen LogP contribution is 2.28. The van der Waals surface area contributed by atoms with Crippen molar-refractivity contribution in [1.82, 2.24) is 4.90 Å². The van der Waals surface area contributed by atoms with Gasteiger partial charge in [-0.1, -0.05) is 30.3 Å². The summed E-state index contributed by atoms with van der Waals surface area (Å²) in [6.45, 7) is 3.86. The van der Waals surface area contributed by atoms with Crippen molar-refractivity contribution in [3.05, 3.63) is 84.4 Å². The first-order valence-corrected chi connectivity index (χ1v) is 12.3. The Labute approximate surface area is 189 Å². The average Bonchev–Trinajstić information content (AvgIpc) is 3.32. The molecule has 1 aliphatic rings. The molecule has 0 unspecified atom stereocenters. The zero-order valence-electron chi connectivity index (χ0n) is 17.9. The van der Waals surface area contributed by atoms with Crippen molar-refractivity contribution < 1.29 is 18.3 Å². The summed E-state index contributed by atoms with van der Waals surface area (Å²) in [5, 5.41) is 9.83. The highest BCUT2D eigenvalue weighted by molar-refractivity contribution is 7.92. The van der Waals surface area contributed by atoms with Gasteiger partial charge in [0.25, 0.3) is 10.0 Å². The molecule has 0 aromatic heterocycles. The van der Waals surface area contributed by atoms with Crippen molar-refractivity contribution in [2.24, 2.45) is 0 Å². The van der Waals surface area contributed by atoms with E-state index < -0.39 is 10.0 Å². The standard InChI is InChI=1S/C25H28N2O4S/c28-23-8-6-7-21(19-23)20-27(32(29,30)25-9-2-1-3-10-25)22-11-13-24(14-12-22)31-18-17-26-15-4-5-16-26/h1-3,6-14,19,28H,4-5,15-18,20H2. The van der Waals surface area contributed by atoms with E-state index in [2.05, 4.69) is 4.90 Å². The lowest BCUT2D eigenvalue weighted by atomic mass is 10.2. The number of rotatable bonds is 9. The Hall–Kier alpha value is -3.03. The van der Waals surface area contributed by atoms with Crippen LogP contribution >= 0.6 is 0 Å². The highest BCUT2D eigenvalue weighted by Gasteiger charge is 2.25. The van der Waals surface area contributed by atoms with E-state index in [0.29, 0.717) is 23.6 Å². The van der Waals surface area contributed by atoms with Crippen molar-refractivity contribution in [2.75, 3.05) is 30.5 Å². The van der Waals surface area contributed by atoms with Crippen LogP contribution in [0.5, 0.6) is 11.5 Å². The van der Waals surface area contributed by atoms with Gasteiger partial charge in [-0.05, 0) is 80.0 Å². The number of hydrogen-bond acceptors (Lipinski definition) is 5. The topological polar surface area (TPSA) is 70.1 Å². The summed E-state index contributed by atoms with van der Waals surface area (Å²) in [5.41, 5.74) is 1.22. The summed E-state index contributed by atoms with van der Waals surface area (Å²) >= 11 is 0. The molecule has 32 heavy (non-hydrogen) atoms. The number of phenolic OH excluding ortho intramolecular Hbond substituents is 1. The van der Waals surface area contributed by atoms with Crippen LogP contribution in [0.1, 0.15) is 18.4 Å². The van der Waals surface area contributed by atoms with E-state index in [4.69, 9.17) is 4.74 Å². The largest absolute Gasteiger partial charge is 0.508 e. The first-order chi connectivity index (χ1) is 15.5. The molecule has 0 aliphatic carbocycles. The summed E-state index contributed by atoms with van der Waals surface area (Å²) in [6.07, 6.45) is 2.50. The van der Waals surface area contributed by atoms with E-state index in [9.17, 15) is 13.5 Å². The van der Waals surface area contributed by atoms with Crippen molar-refractivity contribution in [1.29, 1.82) is 0 Å². The smallest absolute Gasteiger partial charge is 0.264 e. The lowest BCUT2D eigenvalue weighted by Gasteiger charge is -2.25. The number of nitrogens with zero attached hydrogens (tertiary/aromatic N) is 2. The number of ether oxygens (including phenoxy) is 1. The number of aromatic hydroxyl groups is 1. The number of phenols is 1. The number of likely N-dealkylation sites (tertiary alicyclic amines) is 1. The van der Waals surface area contributed by atoms with Gasteiger partial charge in [-0.15, -0.1) is 0 Å². The van der Waals surface area contributed by atoms with Crippen molar-refractivity contribution >= 4 is 15.7 Å². The molecule has 1 fully saturated rings. The Morgan fingerprint density at radius 1 is 0.906 bits per heavy atom. The van der Waals surface area contributed by atoms with Crippen LogP contribution in [0, 0.1) is 0 Å². The van der Waals surface area contributed by atoms with Crippen molar-refractivity contribution in [3.63, 3.8) is 0 Å². The van der Waals surface area contributed by atoms with E-state index in [1.165, 1.54) is 17.1 Å². The van der Waals surface area contributed by atoms with Crippen molar-refractivity contribution in [2.45, 2.75) is 24.3 Å². The maximum atomic E-state index is 13.5. The maximum absolute atomic E-state index is 13.5. The second kappa shape index (κ2) is 10.1. The minimum atomic E-state index is -3.80.